The van der Waals surface area contributed by atoms with Gasteiger partial charge < -0.3 is 14.2 Å². The molecule has 0 bridgehead atoms. The van der Waals surface area contributed by atoms with Crippen molar-refractivity contribution in [3.8, 4) is 0 Å². The number of ether oxygens (including phenoxy) is 3. The number of carbonyl (C=O) groups is 1. The number of unbranched alkanes of at least 4 members (excludes halogenated alkanes) is 1. The number of esters is 1. The lowest BCUT2D eigenvalue weighted by Gasteiger charge is -2.27. The van der Waals surface area contributed by atoms with Gasteiger partial charge >= 0.3 is 5.97 Å². The fraction of sp³-hybridized carbons (Fsp3) is 0.562. The van der Waals surface area contributed by atoms with Crippen molar-refractivity contribution in [1.82, 2.24) is 0 Å². The summed E-state index contributed by atoms with van der Waals surface area (Å²) in [7, 11) is 1.20. The molecule has 7 heteroatoms. The summed E-state index contributed by atoms with van der Waals surface area (Å²) in [4.78, 5) is 22.7. The molecule has 0 amide bonds. The number of hydrogen-bond acceptors (Lipinski definition) is 6. The van der Waals surface area contributed by atoms with Gasteiger partial charge in [-0.2, -0.15) is 0 Å². The SMILES string of the molecule is CCCCC1(Cc2cccc(C(=O)OC)c2[N+](=O)[O-])OCCO1. The molecule has 126 valence electrons. The number of benzene rings is 1. The third-order valence-corrected chi connectivity index (χ3v) is 3.89. The summed E-state index contributed by atoms with van der Waals surface area (Å²) in [6, 6.07) is 4.63. The highest BCUT2D eigenvalue weighted by Crippen LogP contribution is 2.34. The first kappa shape index (κ1) is 17.4. The van der Waals surface area contributed by atoms with Crippen LogP contribution in [0.3, 0.4) is 0 Å². The van der Waals surface area contributed by atoms with Crippen LogP contribution in [0.1, 0.15) is 42.1 Å². The van der Waals surface area contributed by atoms with Crippen LogP contribution >= 0.6 is 0 Å². The van der Waals surface area contributed by atoms with Gasteiger partial charge in [-0.1, -0.05) is 25.5 Å². The van der Waals surface area contributed by atoms with Crippen molar-refractivity contribution in [3.63, 3.8) is 0 Å². The summed E-state index contributed by atoms with van der Waals surface area (Å²) < 4.78 is 16.1. The van der Waals surface area contributed by atoms with Crippen molar-refractivity contribution in [2.75, 3.05) is 20.3 Å². The van der Waals surface area contributed by atoms with Crippen molar-refractivity contribution in [3.05, 3.63) is 39.4 Å². The second kappa shape index (κ2) is 7.52. The monoisotopic (exact) mass is 323 g/mol. The van der Waals surface area contributed by atoms with E-state index in [9.17, 15) is 14.9 Å². The average molecular weight is 323 g/mol. The summed E-state index contributed by atoms with van der Waals surface area (Å²) in [6.45, 7) is 2.99. The maximum Gasteiger partial charge on any atom is 0.344 e. The zero-order chi connectivity index (χ0) is 16.9. The van der Waals surface area contributed by atoms with Crippen LogP contribution in [-0.4, -0.2) is 37.0 Å². The summed E-state index contributed by atoms with van der Waals surface area (Å²) in [5.41, 5.74) is 0.115. The Labute approximate surface area is 134 Å². The molecule has 0 spiro atoms. The first-order valence-electron chi connectivity index (χ1n) is 7.65. The van der Waals surface area contributed by atoms with E-state index in [0.29, 0.717) is 25.2 Å². The van der Waals surface area contributed by atoms with Crippen molar-refractivity contribution in [2.45, 2.75) is 38.4 Å². The fourth-order valence-corrected chi connectivity index (χ4v) is 2.79. The third-order valence-electron chi connectivity index (χ3n) is 3.89. The summed E-state index contributed by atoms with van der Waals surface area (Å²) in [6.07, 6.45) is 2.75. The van der Waals surface area contributed by atoms with Gasteiger partial charge in [0.25, 0.3) is 5.69 Å². The summed E-state index contributed by atoms with van der Waals surface area (Å²) >= 11 is 0. The Balaban J connectivity index is 2.38. The molecule has 0 atom stereocenters. The maximum absolute atomic E-state index is 11.8. The van der Waals surface area contributed by atoms with Crippen LogP contribution in [0.5, 0.6) is 0 Å². The number of nitrogens with zero attached hydrogens (tertiary/aromatic N) is 1. The second-order valence-electron chi connectivity index (χ2n) is 5.45. The molecule has 0 aliphatic carbocycles. The van der Waals surface area contributed by atoms with E-state index in [-0.39, 0.29) is 17.7 Å². The van der Waals surface area contributed by atoms with Gasteiger partial charge in [0.2, 0.25) is 0 Å². The van der Waals surface area contributed by atoms with Gasteiger partial charge in [-0.05, 0) is 12.5 Å². The highest BCUT2D eigenvalue weighted by molar-refractivity contribution is 5.94. The Hall–Kier alpha value is -1.99. The Bertz CT molecular complexity index is 580. The molecule has 0 unspecified atom stereocenters. The molecular formula is C16H21NO6. The number of carbonyl (C=O) groups excluding carboxylic acids is 1. The average Bonchev–Trinajstić information content (AvgIpc) is 3.00. The van der Waals surface area contributed by atoms with Gasteiger partial charge in [0.15, 0.2) is 5.79 Å². The molecule has 0 N–H and O–H groups in total. The molecule has 7 nitrogen and oxygen atoms in total. The van der Waals surface area contributed by atoms with Crippen LogP contribution in [0.2, 0.25) is 0 Å². The van der Waals surface area contributed by atoms with Gasteiger partial charge in [-0.25, -0.2) is 4.79 Å². The molecule has 1 aliphatic rings. The van der Waals surface area contributed by atoms with Crippen molar-refractivity contribution in [1.29, 1.82) is 0 Å². The Morgan fingerprint density at radius 2 is 2.09 bits per heavy atom. The maximum atomic E-state index is 11.8. The smallest absolute Gasteiger partial charge is 0.344 e. The normalized spacial score (nSPS) is 16.3. The number of hydrogen-bond donors (Lipinski definition) is 0. The Morgan fingerprint density at radius 1 is 1.39 bits per heavy atom. The van der Waals surface area contributed by atoms with Gasteiger partial charge in [0, 0.05) is 18.4 Å². The molecule has 1 saturated heterocycles. The van der Waals surface area contributed by atoms with Crippen LogP contribution in [0, 0.1) is 10.1 Å². The lowest BCUT2D eigenvalue weighted by atomic mass is 9.96. The van der Waals surface area contributed by atoms with Gasteiger partial charge in [0.05, 0.1) is 25.2 Å². The van der Waals surface area contributed by atoms with Crippen LogP contribution in [0.25, 0.3) is 0 Å². The lowest BCUT2D eigenvalue weighted by Crippen LogP contribution is -2.33. The minimum atomic E-state index is -0.852. The van der Waals surface area contributed by atoms with Crippen LogP contribution in [0.15, 0.2) is 18.2 Å². The molecule has 0 saturated carbocycles. The Morgan fingerprint density at radius 3 is 2.65 bits per heavy atom. The van der Waals surface area contributed by atoms with Crippen LogP contribution in [-0.2, 0) is 20.6 Å². The third kappa shape index (κ3) is 3.86. The largest absolute Gasteiger partial charge is 0.465 e. The molecular weight excluding hydrogens is 302 g/mol. The van der Waals surface area contributed by atoms with E-state index in [1.54, 1.807) is 12.1 Å². The molecule has 0 aromatic heterocycles. The minimum absolute atomic E-state index is 0.0568. The van der Waals surface area contributed by atoms with Crippen LogP contribution < -0.4 is 0 Å². The number of nitro groups is 1. The molecule has 23 heavy (non-hydrogen) atoms. The molecule has 1 aliphatic heterocycles. The number of methoxy groups -OCH3 is 1. The van der Waals surface area contributed by atoms with Crippen molar-refractivity contribution in [2.24, 2.45) is 0 Å². The number of nitro benzene ring substituents is 1. The Kier molecular flexibility index (Phi) is 5.68. The van der Waals surface area contributed by atoms with E-state index in [1.165, 1.54) is 13.2 Å². The van der Waals surface area contributed by atoms with E-state index in [0.717, 1.165) is 12.8 Å². The summed E-state index contributed by atoms with van der Waals surface area (Å²) in [5.74, 6) is -1.58. The number of rotatable bonds is 7. The molecule has 1 aromatic rings. The van der Waals surface area contributed by atoms with Crippen molar-refractivity contribution < 1.29 is 23.9 Å². The van der Waals surface area contributed by atoms with Crippen molar-refractivity contribution >= 4 is 11.7 Å². The van der Waals surface area contributed by atoms with Gasteiger partial charge in [-0.15, -0.1) is 0 Å². The van der Waals surface area contributed by atoms with Gasteiger partial charge in [-0.3, -0.25) is 10.1 Å². The lowest BCUT2D eigenvalue weighted by molar-refractivity contribution is -0.386. The van der Waals surface area contributed by atoms with E-state index in [4.69, 9.17) is 9.47 Å². The second-order valence-corrected chi connectivity index (χ2v) is 5.45. The predicted octanol–water partition coefficient (Wildman–Crippen LogP) is 2.86. The molecule has 1 heterocycles. The van der Waals surface area contributed by atoms with E-state index < -0.39 is 16.7 Å². The fourth-order valence-electron chi connectivity index (χ4n) is 2.79. The highest BCUT2D eigenvalue weighted by Gasteiger charge is 2.39. The molecule has 1 fully saturated rings. The molecule has 1 aromatic carbocycles. The van der Waals surface area contributed by atoms with E-state index in [1.807, 2.05) is 0 Å². The van der Waals surface area contributed by atoms with E-state index >= 15 is 0 Å². The minimum Gasteiger partial charge on any atom is -0.465 e. The molecule has 2 rings (SSSR count). The zero-order valence-electron chi connectivity index (χ0n) is 13.4. The first-order valence-corrected chi connectivity index (χ1v) is 7.65. The first-order chi connectivity index (χ1) is 11.0. The van der Waals surface area contributed by atoms with E-state index in [2.05, 4.69) is 11.7 Å². The molecule has 0 radical (unpaired) electrons. The predicted molar refractivity (Wildman–Crippen MR) is 82.3 cm³/mol. The van der Waals surface area contributed by atoms with Gasteiger partial charge in [0.1, 0.15) is 5.56 Å². The standard InChI is InChI=1S/C16H21NO6/c1-3-4-8-16(22-9-10-23-16)11-12-6-5-7-13(15(18)21-2)14(12)17(19)20/h5-7H,3-4,8-11H2,1-2H3. The number of para-hydroxylation sites is 1. The van der Waals surface area contributed by atoms with Crippen LogP contribution in [0.4, 0.5) is 5.69 Å². The summed E-state index contributed by atoms with van der Waals surface area (Å²) in [5, 5.41) is 11.5. The highest BCUT2D eigenvalue weighted by atomic mass is 16.7. The topological polar surface area (TPSA) is 87.9 Å². The zero-order valence-corrected chi connectivity index (χ0v) is 13.4. The quantitative estimate of drug-likeness (QED) is 0.435.